The van der Waals surface area contributed by atoms with Crippen LogP contribution in [0.15, 0.2) is 12.4 Å². The highest BCUT2D eigenvalue weighted by molar-refractivity contribution is 7.86. The van der Waals surface area contributed by atoms with Gasteiger partial charge in [-0.2, -0.15) is 25.9 Å². The summed E-state index contributed by atoms with van der Waals surface area (Å²) in [5.41, 5.74) is 0.880. The van der Waals surface area contributed by atoms with E-state index < -0.39 is 34.9 Å². The van der Waals surface area contributed by atoms with E-state index >= 15 is 0 Å². The molecule has 0 bridgehead atoms. The van der Waals surface area contributed by atoms with Crippen molar-refractivity contribution in [3.8, 4) is 0 Å². The fourth-order valence-electron chi connectivity index (χ4n) is 3.78. The molecule has 1 aliphatic heterocycles. The van der Waals surface area contributed by atoms with Crippen LogP contribution >= 0.6 is 0 Å². The number of carbonyl (C=O) groups is 1. The van der Waals surface area contributed by atoms with Crippen LogP contribution in [0.3, 0.4) is 0 Å². The molecule has 0 radical (unpaired) electrons. The topological polar surface area (TPSA) is 140 Å². The molecule has 0 unspecified atom stereocenters. The van der Waals surface area contributed by atoms with Gasteiger partial charge in [0.2, 0.25) is 5.95 Å². The number of carbonyl (C=O) groups excluding carboxylic acids is 1. The first-order valence-corrected chi connectivity index (χ1v) is 11.8. The van der Waals surface area contributed by atoms with Crippen LogP contribution in [-0.2, 0) is 14.9 Å². The number of nitrogens with zero attached hydrogens (tertiary/aromatic N) is 3. The van der Waals surface area contributed by atoms with Crippen molar-refractivity contribution < 1.29 is 31.1 Å². The van der Waals surface area contributed by atoms with E-state index in [-0.39, 0.29) is 18.1 Å². The lowest BCUT2D eigenvalue weighted by Gasteiger charge is -2.35. The summed E-state index contributed by atoms with van der Waals surface area (Å²) in [6.07, 6.45) is -1.04. The van der Waals surface area contributed by atoms with E-state index in [0.717, 1.165) is 5.56 Å². The number of hydrogen-bond donors (Lipinski definition) is 3. The number of ether oxygens (including phenoxy) is 1. The molecule has 1 aromatic rings. The van der Waals surface area contributed by atoms with Crippen LogP contribution in [0.1, 0.15) is 50.5 Å². The highest BCUT2D eigenvalue weighted by atomic mass is 32.2. The van der Waals surface area contributed by atoms with Crippen LogP contribution in [0.4, 0.5) is 23.9 Å². The van der Waals surface area contributed by atoms with Crippen LogP contribution in [-0.4, -0.2) is 66.2 Å². The van der Waals surface area contributed by atoms with Gasteiger partial charge < -0.3 is 15.4 Å². The second-order valence-corrected chi connectivity index (χ2v) is 9.81. The summed E-state index contributed by atoms with van der Waals surface area (Å²) >= 11 is 0. The van der Waals surface area contributed by atoms with Gasteiger partial charge in [-0.1, -0.05) is 0 Å². The van der Waals surface area contributed by atoms with E-state index in [1.54, 1.807) is 12.4 Å². The quantitative estimate of drug-likeness (QED) is 0.541. The Hall–Kier alpha value is -2.19. The zero-order valence-electron chi connectivity index (χ0n) is 17.5. The lowest BCUT2D eigenvalue weighted by molar-refractivity contribution is -0.138. The number of aromatic nitrogens is 2. The Kier molecular flexibility index (Phi) is 7.45. The van der Waals surface area contributed by atoms with Crippen molar-refractivity contribution in [2.75, 3.05) is 18.4 Å². The third-order valence-electron chi connectivity index (χ3n) is 5.56. The third-order valence-corrected chi connectivity index (χ3v) is 6.65. The van der Waals surface area contributed by atoms with Crippen molar-refractivity contribution in [3.05, 3.63) is 18.0 Å². The number of rotatable bonds is 7. The number of alkyl carbamates (subject to hydrolysis) is 1. The summed E-state index contributed by atoms with van der Waals surface area (Å²) in [4.78, 5) is 20.3. The van der Waals surface area contributed by atoms with E-state index in [1.165, 1.54) is 11.2 Å². The summed E-state index contributed by atoms with van der Waals surface area (Å²) in [5.74, 6) is 0.542. The second kappa shape index (κ2) is 9.75. The summed E-state index contributed by atoms with van der Waals surface area (Å²) in [5, 5.41) is 10.5. The van der Waals surface area contributed by atoms with Crippen LogP contribution in [0.2, 0.25) is 0 Å². The first kappa shape index (κ1) is 24.5. The number of hydrogen-bond acceptors (Lipinski definition) is 7. The lowest BCUT2D eigenvalue weighted by atomic mass is 9.78. The molecule has 4 N–H and O–H groups in total. The molecule has 2 fully saturated rings. The summed E-state index contributed by atoms with van der Waals surface area (Å²) in [6.45, 7) is 1.94. The molecular formula is C18H27F3N6O4S. The van der Waals surface area contributed by atoms with Gasteiger partial charge in [-0.05, 0) is 44.1 Å². The summed E-state index contributed by atoms with van der Waals surface area (Å²) in [7, 11) is -3.67. The highest BCUT2D eigenvalue weighted by Crippen LogP contribution is 2.38. The molecular weight excluding hydrogens is 453 g/mol. The van der Waals surface area contributed by atoms with E-state index in [1.807, 2.05) is 0 Å². The number of nitrogens with two attached hydrogens (primary N) is 1. The summed E-state index contributed by atoms with van der Waals surface area (Å²) in [6, 6.07) is -1.02. The third kappa shape index (κ3) is 7.17. The lowest BCUT2D eigenvalue weighted by Crippen LogP contribution is -2.45. The van der Waals surface area contributed by atoms with Crippen molar-refractivity contribution in [2.24, 2.45) is 5.14 Å². The van der Waals surface area contributed by atoms with Gasteiger partial charge >= 0.3 is 12.3 Å². The molecule has 0 aromatic carbocycles. The maximum Gasteiger partial charge on any atom is 0.407 e. The first-order valence-electron chi connectivity index (χ1n) is 10.3. The minimum Gasteiger partial charge on any atom is -0.446 e. The molecule has 1 saturated heterocycles. The molecule has 14 heteroatoms. The Morgan fingerprint density at radius 3 is 2.41 bits per heavy atom. The number of piperidine rings is 1. The maximum atomic E-state index is 12.3. The van der Waals surface area contributed by atoms with E-state index in [9.17, 15) is 26.4 Å². The Bertz CT molecular complexity index is 885. The molecule has 2 heterocycles. The number of alkyl halides is 3. The SMILES string of the molecule is C[C@@H](CC(F)(F)F)NC(=O)OC1CC(c2cnc(NC3CCN(S(N)(=O)=O)CC3)nc2)C1. The van der Waals surface area contributed by atoms with Crippen LogP contribution < -0.4 is 15.8 Å². The Labute approximate surface area is 184 Å². The van der Waals surface area contributed by atoms with Crippen molar-refractivity contribution >= 4 is 22.3 Å². The molecule has 32 heavy (non-hydrogen) atoms. The van der Waals surface area contributed by atoms with Crippen molar-refractivity contribution in [2.45, 2.75) is 69.3 Å². The highest BCUT2D eigenvalue weighted by Gasteiger charge is 2.35. The zero-order chi connectivity index (χ0) is 23.5. The fraction of sp³-hybridized carbons (Fsp3) is 0.722. The molecule has 3 rings (SSSR count). The molecule has 1 aromatic heterocycles. The maximum absolute atomic E-state index is 12.3. The van der Waals surface area contributed by atoms with Gasteiger partial charge in [0.25, 0.3) is 10.2 Å². The second-order valence-electron chi connectivity index (χ2n) is 8.26. The van der Waals surface area contributed by atoms with Gasteiger partial charge in [-0.3, -0.25) is 0 Å². The van der Waals surface area contributed by atoms with E-state index in [2.05, 4.69) is 20.6 Å². The first-order chi connectivity index (χ1) is 14.9. The van der Waals surface area contributed by atoms with E-state index in [4.69, 9.17) is 9.88 Å². The Morgan fingerprint density at radius 2 is 1.88 bits per heavy atom. The van der Waals surface area contributed by atoms with Gasteiger partial charge in [-0.25, -0.2) is 19.9 Å². The van der Waals surface area contributed by atoms with Crippen LogP contribution in [0.25, 0.3) is 0 Å². The molecule has 1 saturated carbocycles. The minimum absolute atomic E-state index is 0.0404. The van der Waals surface area contributed by atoms with Crippen molar-refractivity contribution in [1.29, 1.82) is 0 Å². The molecule has 0 spiro atoms. The number of nitrogens with one attached hydrogen (secondary N) is 2. The minimum atomic E-state index is -4.35. The summed E-state index contributed by atoms with van der Waals surface area (Å²) < 4.78 is 66.0. The molecule has 10 nitrogen and oxygen atoms in total. The smallest absolute Gasteiger partial charge is 0.407 e. The van der Waals surface area contributed by atoms with Crippen molar-refractivity contribution in [3.63, 3.8) is 0 Å². The number of halogens is 3. The van der Waals surface area contributed by atoms with Gasteiger partial charge in [-0.15, -0.1) is 0 Å². The largest absolute Gasteiger partial charge is 0.446 e. The fourth-order valence-corrected chi connectivity index (χ4v) is 4.50. The van der Waals surface area contributed by atoms with Gasteiger partial charge in [0.15, 0.2) is 0 Å². The molecule has 1 amide bonds. The molecule has 2 aliphatic rings. The zero-order valence-corrected chi connectivity index (χ0v) is 18.3. The number of amides is 1. The average Bonchev–Trinajstić information content (AvgIpc) is 2.63. The predicted molar refractivity (Wildman–Crippen MR) is 109 cm³/mol. The average molecular weight is 481 g/mol. The molecule has 1 atom stereocenters. The Morgan fingerprint density at radius 1 is 1.28 bits per heavy atom. The Balaban J connectivity index is 1.38. The molecule has 180 valence electrons. The predicted octanol–water partition coefficient (Wildman–Crippen LogP) is 1.87. The van der Waals surface area contributed by atoms with Gasteiger partial charge in [0.05, 0.1) is 6.42 Å². The normalized spacial score (nSPS) is 23.8. The van der Waals surface area contributed by atoms with Gasteiger partial charge in [0.1, 0.15) is 6.10 Å². The number of anilines is 1. The molecule has 1 aliphatic carbocycles. The van der Waals surface area contributed by atoms with Crippen LogP contribution in [0, 0.1) is 0 Å². The van der Waals surface area contributed by atoms with E-state index in [0.29, 0.717) is 44.7 Å². The van der Waals surface area contributed by atoms with Gasteiger partial charge in [0, 0.05) is 37.6 Å². The monoisotopic (exact) mass is 480 g/mol. The van der Waals surface area contributed by atoms with Crippen molar-refractivity contribution in [1.82, 2.24) is 19.6 Å². The van der Waals surface area contributed by atoms with Crippen LogP contribution in [0.5, 0.6) is 0 Å². The standard InChI is InChI=1S/C18H27F3N6O4S/c1-11(8-18(19,20)21)25-17(28)31-15-6-12(7-15)13-9-23-16(24-10-13)26-14-2-4-27(5-3-14)32(22,29)30/h9-12,14-15H,2-8H2,1H3,(H,25,28)(H2,22,29,30)(H,23,24,26)/t11-,12?,15?/m0/s1.